The fraction of sp³-hybridized carbons (Fsp3) is 0.234. The number of ether oxygens (including phenoxy) is 4. The van der Waals surface area contributed by atoms with Gasteiger partial charge in [-0.05, 0) is 89.2 Å². The number of anilines is 3. The third kappa shape index (κ3) is 8.52. The molecule has 0 amide bonds. The lowest BCUT2D eigenvalue weighted by atomic mass is 9.84. The average molecular weight is 688 g/mol. The number of hydrogen-bond donors (Lipinski definition) is 0. The summed E-state index contributed by atoms with van der Waals surface area (Å²) in [7, 11) is 0. The summed E-state index contributed by atoms with van der Waals surface area (Å²) in [4.78, 5) is 2.31. The number of hydrogen-bond acceptors (Lipinski definition) is 5. The van der Waals surface area contributed by atoms with E-state index in [9.17, 15) is 0 Å². The molecule has 5 nitrogen and oxygen atoms in total. The first-order valence-electron chi connectivity index (χ1n) is 18.3. The largest absolute Gasteiger partial charge is 0.374 e. The van der Waals surface area contributed by atoms with E-state index in [1.54, 1.807) is 0 Å². The van der Waals surface area contributed by atoms with Crippen molar-refractivity contribution >= 4 is 17.1 Å². The van der Waals surface area contributed by atoms with Gasteiger partial charge >= 0.3 is 0 Å². The Morgan fingerprint density at radius 1 is 0.481 bits per heavy atom. The Hall–Kier alpha value is -5.04. The number of aryl methyl sites for hydroxylation is 2. The monoisotopic (exact) mass is 687 g/mol. The maximum atomic E-state index is 5.84. The standard InChI is InChI=1S/C47H45NO4/c1-33-3-11-39(12-4-33)47(40-13-7-35(8-14-40)27-49-29-45-31-51-45)41-17-15-37(16-18-41)38-19-25-44(26-20-38)48(42-21-5-34(2)6-22-42)43-23-9-36(10-24-43)28-50-30-46-32-52-46/h3-26,45-47H,27-32H2,1-2H3. The summed E-state index contributed by atoms with van der Waals surface area (Å²) in [6.07, 6.45) is 0.552. The molecule has 0 saturated carbocycles. The highest BCUT2D eigenvalue weighted by atomic mass is 16.6. The predicted octanol–water partition coefficient (Wildman–Crippen LogP) is 10.5. The first-order valence-corrected chi connectivity index (χ1v) is 18.3. The molecule has 52 heavy (non-hydrogen) atoms. The zero-order chi connectivity index (χ0) is 35.3. The second-order valence-electron chi connectivity index (χ2n) is 14.0. The van der Waals surface area contributed by atoms with Crippen molar-refractivity contribution in [3.05, 3.63) is 185 Å². The Balaban J connectivity index is 1.02. The summed E-state index contributed by atoms with van der Waals surface area (Å²) < 4.78 is 22.2. The van der Waals surface area contributed by atoms with Crippen molar-refractivity contribution in [3.63, 3.8) is 0 Å². The van der Waals surface area contributed by atoms with Crippen LogP contribution in [0.1, 0.15) is 44.9 Å². The van der Waals surface area contributed by atoms with Crippen LogP contribution in [0.4, 0.5) is 17.1 Å². The maximum Gasteiger partial charge on any atom is 0.104 e. The van der Waals surface area contributed by atoms with Crippen LogP contribution in [0.2, 0.25) is 0 Å². The van der Waals surface area contributed by atoms with E-state index >= 15 is 0 Å². The molecule has 2 saturated heterocycles. The smallest absolute Gasteiger partial charge is 0.104 e. The zero-order valence-electron chi connectivity index (χ0n) is 29.9. The molecule has 8 rings (SSSR count). The molecule has 6 aromatic carbocycles. The van der Waals surface area contributed by atoms with Gasteiger partial charge in [-0.3, -0.25) is 0 Å². The molecule has 0 radical (unpaired) electrons. The summed E-state index contributed by atoms with van der Waals surface area (Å²) >= 11 is 0. The molecule has 0 spiro atoms. The molecule has 3 unspecified atom stereocenters. The van der Waals surface area contributed by atoms with Gasteiger partial charge in [-0.25, -0.2) is 0 Å². The summed E-state index contributed by atoms with van der Waals surface area (Å²) in [5.74, 6) is 0.125. The highest BCUT2D eigenvalue weighted by Gasteiger charge is 2.23. The van der Waals surface area contributed by atoms with Gasteiger partial charge in [-0.15, -0.1) is 0 Å². The van der Waals surface area contributed by atoms with Crippen LogP contribution in [0.15, 0.2) is 146 Å². The van der Waals surface area contributed by atoms with Crippen molar-refractivity contribution < 1.29 is 18.9 Å². The SMILES string of the molecule is Cc1ccc(C(c2ccc(COCC3CO3)cc2)c2ccc(-c3ccc(N(c4ccc(C)cc4)c4ccc(COCC5CO5)cc4)cc3)cc2)cc1. The van der Waals surface area contributed by atoms with Crippen LogP contribution >= 0.6 is 0 Å². The summed E-state index contributed by atoms with van der Waals surface area (Å²) in [5.41, 5.74) is 14.3. The normalized spacial score (nSPS) is 16.7. The van der Waals surface area contributed by atoms with Crippen molar-refractivity contribution in [1.82, 2.24) is 0 Å². The highest BCUT2D eigenvalue weighted by Crippen LogP contribution is 2.37. The van der Waals surface area contributed by atoms with E-state index < -0.39 is 0 Å². The average Bonchev–Trinajstić information content (AvgIpc) is 4.13. The van der Waals surface area contributed by atoms with E-state index in [4.69, 9.17) is 18.9 Å². The number of nitrogens with zero attached hydrogens (tertiary/aromatic N) is 1. The molecule has 0 aliphatic carbocycles. The molecular weight excluding hydrogens is 643 g/mol. The van der Waals surface area contributed by atoms with Gasteiger partial charge in [0, 0.05) is 23.0 Å². The van der Waals surface area contributed by atoms with E-state index in [2.05, 4.69) is 164 Å². The van der Waals surface area contributed by atoms with E-state index in [1.807, 2.05) is 0 Å². The van der Waals surface area contributed by atoms with Gasteiger partial charge in [0.25, 0.3) is 0 Å². The lowest BCUT2D eigenvalue weighted by Crippen LogP contribution is -2.10. The molecular formula is C47H45NO4. The molecule has 2 aliphatic heterocycles. The molecule has 6 aromatic rings. The minimum absolute atomic E-state index is 0.125. The Bertz CT molecular complexity index is 1880. The quantitative estimate of drug-likeness (QED) is 0.0794. The molecule has 0 aromatic heterocycles. The van der Waals surface area contributed by atoms with E-state index in [-0.39, 0.29) is 18.1 Å². The van der Waals surface area contributed by atoms with Gasteiger partial charge in [0.05, 0.1) is 39.6 Å². The molecule has 2 aliphatic rings. The third-order valence-corrected chi connectivity index (χ3v) is 9.86. The lowest BCUT2D eigenvalue weighted by molar-refractivity contribution is 0.104. The fourth-order valence-electron chi connectivity index (χ4n) is 6.64. The topological polar surface area (TPSA) is 46.8 Å². The Morgan fingerprint density at radius 2 is 0.808 bits per heavy atom. The van der Waals surface area contributed by atoms with Crippen molar-refractivity contribution in [1.29, 1.82) is 0 Å². The summed E-state index contributed by atoms with van der Waals surface area (Å²) in [6, 6.07) is 53.1. The zero-order valence-corrected chi connectivity index (χ0v) is 29.9. The van der Waals surface area contributed by atoms with Crippen LogP contribution in [0.3, 0.4) is 0 Å². The number of rotatable bonds is 15. The van der Waals surface area contributed by atoms with E-state index in [0.29, 0.717) is 26.4 Å². The Morgan fingerprint density at radius 3 is 1.25 bits per heavy atom. The van der Waals surface area contributed by atoms with Gasteiger partial charge in [0.2, 0.25) is 0 Å². The maximum absolute atomic E-state index is 5.84. The molecule has 2 fully saturated rings. The van der Waals surface area contributed by atoms with Crippen molar-refractivity contribution in [2.75, 3.05) is 31.3 Å². The van der Waals surface area contributed by atoms with Gasteiger partial charge in [0.1, 0.15) is 12.2 Å². The minimum Gasteiger partial charge on any atom is -0.374 e. The van der Waals surface area contributed by atoms with Crippen molar-refractivity contribution in [3.8, 4) is 11.1 Å². The van der Waals surface area contributed by atoms with Crippen LogP contribution in [0.5, 0.6) is 0 Å². The van der Waals surface area contributed by atoms with Crippen LogP contribution in [0.25, 0.3) is 11.1 Å². The summed E-state index contributed by atoms with van der Waals surface area (Å²) in [6.45, 7) is 8.39. The van der Waals surface area contributed by atoms with E-state index in [1.165, 1.54) is 44.5 Å². The van der Waals surface area contributed by atoms with Crippen LogP contribution in [0, 0.1) is 13.8 Å². The van der Waals surface area contributed by atoms with Gasteiger partial charge in [-0.1, -0.05) is 120 Å². The van der Waals surface area contributed by atoms with Crippen LogP contribution in [-0.2, 0) is 32.2 Å². The number of benzene rings is 6. The second kappa shape index (κ2) is 15.7. The van der Waals surface area contributed by atoms with E-state index in [0.717, 1.165) is 35.8 Å². The lowest BCUT2D eigenvalue weighted by Gasteiger charge is -2.26. The van der Waals surface area contributed by atoms with Crippen LogP contribution in [-0.4, -0.2) is 38.6 Å². The van der Waals surface area contributed by atoms with Gasteiger partial charge < -0.3 is 23.8 Å². The van der Waals surface area contributed by atoms with Crippen molar-refractivity contribution in [2.24, 2.45) is 0 Å². The van der Waals surface area contributed by atoms with Crippen molar-refractivity contribution in [2.45, 2.75) is 45.2 Å². The second-order valence-corrected chi connectivity index (χ2v) is 14.0. The minimum atomic E-state index is 0.125. The first-order chi connectivity index (χ1) is 25.6. The number of epoxide rings is 2. The van der Waals surface area contributed by atoms with Gasteiger partial charge in [0.15, 0.2) is 0 Å². The van der Waals surface area contributed by atoms with Gasteiger partial charge in [-0.2, -0.15) is 0 Å². The Labute approximate surface area is 307 Å². The molecule has 0 N–H and O–H groups in total. The summed E-state index contributed by atoms with van der Waals surface area (Å²) in [5, 5.41) is 0. The molecule has 5 heteroatoms. The molecule has 2 heterocycles. The predicted molar refractivity (Wildman–Crippen MR) is 209 cm³/mol. The van der Waals surface area contributed by atoms with Crippen LogP contribution < -0.4 is 4.90 Å². The molecule has 0 bridgehead atoms. The highest BCUT2D eigenvalue weighted by molar-refractivity contribution is 5.78. The fourth-order valence-corrected chi connectivity index (χ4v) is 6.64. The first kappa shape index (κ1) is 34.1. The molecule has 262 valence electrons. The molecule has 3 atom stereocenters. The Kier molecular flexibility index (Phi) is 10.3. The third-order valence-electron chi connectivity index (χ3n) is 9.86.